The normalized spacial score (nSPS) is 10.2. The van der Waals surface area contributed by atoms with Crippen LogP contribution < -0.4 is 14.5 Å². The molecule has 0 aliphatic carbocycles. The zero-order valence-electron chi connectivity index (χ0n) is 9.34. The topological polar surface area (TPSA) is 79.3 Å². The van der Waals surface area contributed by atoms with Crippen LogP contribution in [0.1, 0.15) is 17.4 Å². The predicted octanol–water partition coefficient (Wildman–Crippen LogP) is 0.236. The highest BCUT2D eigenvalue weighted by atomic mass is 16.6. The van der Waals surface area contributed by atoms with Crippen LogP contribution in [0.2, 0.25) is 0 Å². The van der Waals surface area contributed by atoms with E-state index >= 15 is 0 Å². The summed E-state index contributed by atoms with van der Waals surface area (Å²) in [5.74, 6) is -0.556. The van der Waals surface area contributed by atoms with Gasteiger partial charge in [-0.3, -0.25) is 4.79 Å². The second-order valence-corrected chi connectivity index (χ2v) is 3.38. The molecule has 0 aliphatic heterocycles. The Bertz CT molecular complexity index is 562. The Labute approximate surface area is 97.0 Å². The molecule has 0 N–H and O–H groups in total. The Morgan fingerprint density at radius 3 is 2.94 bits per heavy atom. The van der Waals surface area contributed by atoms with Crippen molar-refractivity contribution in [3.05, 3.63) is 30.0 Å². The van der Waals surface area contributed by atoms with Gasteiger partial charge in [-0.25, -0.2) is 0 Å². The molecule has 6 heteroatoms. The largest absolute Gasteiger partial charge is 0.539 e. The first-order chi connectivity index (χ1) is 8.13. The maximum absolute atomic E-state index is 11.3. The molecule has 0 amide bonds. The molecule has 0 saturated carbocycles. The molecule has 2 aromatic rings. The van der Waals surface area contributed by atoms with Gasteiger partial charge in [0.15, 0.2) is 5.95 Å². The number of Topliss-reactive ketones (excluding diaryl/α,β-unsaturated/α-hetero) is 1. The lowest BCUT2D eigenvalue weighted by Gasteiger charge is -1.98. The molecule has 88 valence electrons. The molecule has 0 unspecified atom stereocenters. The minimum absolute atomic E-state index is 0.113. The zero-order chi connectivity index (χ0) is 12.4. The van der Waals surface area contributed by atoms with Crippen LogP contribution in [0.4, 0.5) is 0 Å². The van der Waals surface area contributed by atoms with Crippen LogP contribution in [0.15, 0.2) is 28.8 Å². The Balaban J connectivity index is 2.56. The van der Waals surface area contributed by atoms with Gasteiger partial charge in [0.1, 0.15) is 5.75 Å². The van der Waals surface area contributed by atoms with Gasteiger partial charge in [0.05, 0.1) is 18.4 Å². The summed E-state index contributed by atoms with van der Waals surface area (Å²) in [6.45, 7) is 1.28. The zero-order valence-corrected chi connectivity index (χ0v) is 9.34. The SMILES string of the molecule is COc1cccc(-[n+]2noc([O-])c2C(C)=O)c1. The smallest absolute Gasteiger partial charge is 0.305 e. The number of ketones is 1. The molecule has 6 nitrogen and oxygen atoms in total. The van der Waals surface area contributed by atoms with Crippen molar-refractivity contribution >= 4 is 5.78 Å². The fourth-order valence-electron chi connectivity index (χ4n) is 1.46. The van der Waals surface area contributed by atoms with E-state index in [0.717, 1.165) is 4.68 Å². The number of carbonyl (C=O) groups excluding carboxylic acids is 1. The van der Waals surface area contributed by atoms with E-state index in [0.29, 0.717) is 11.4 Å². The summed E-state index contributed by atoms with van der Waals surface area (Å²) in [7, 11) is 1.53. The van der Waals surface area contributed by atoms with Crippen molar-refractivity contribution in [1.29, 1.82) is 0 Å². The molecule has 17 heavy (non-hydrogen) atoms. The van der Waals surface area contributed by atoms with E-state index in [9.17, 15) is 9.90 Å². The summed E-state index contributed by atoms with van der Waals surface area (Å²) in [6.07, 6.45) is 0. The highest BCUT2D eigenvalue weighted by Gasteiger charge is 2.24. The summed E-state index contributed by atoms with van der Waals surface area (Å²) >= 11 is 0. The summed E-state index contributed by atoms with van der Waals surface area (Å²) < 4.78 is 10.7. The van der Waals surface area contributed by atoms with Crippen molar-refractivity contribution in [1.82, 2.24) is 5.27 Å². The van der Waals surface area contributed by atoms with Crippen LogP contribution in [0.5, 0.6) is 11.7 Å². The third-order valence-corrected chi connectivity index (χ3v) is 2.24. The Morgan fingerprint density at radius 1 is 1.53 bits per heavy atom. The van der Waals surface area contributed by atoms with Gasteiger partial charge in [-0.1, -0.05) is 6.07 Å². The molecular formula is C11H10N2O4. The molecule has 1 aromatic heterocycles. The average molecular weight is 234 g/mol. The third kappa shape index (κ3) is 1.96. The number of rotatable bonds is 3. The Hall–Kier alpha value is -2.37. The molecule has 1 aromatic carbocycles. The van der Waals surface area contributed by atoms with Crippen LogP contribution in [0.3, 0.4) is 0 Å². The van der Waals surface area contributed by atoms with E-state index in [1.807, 2.05) is 0 Å². The fourth-order valence-corrected chi connectivity index (χ4v) is 1.46. The van der Waals surface area contributed by atoms with E-state index in [-0.39, 0.29) is 5.69 Å². The number of hydrogen-bond acceptors (Lipinski definition) is 5. The van der Waals surface area contributed by atoms with Crippen molar-refractivity contribution in [3.63, 3.8) is 0 Å². The number of methoxy groups -OCH3 is 1. The van der Waals surface area contributed by atoms with E-state index in [2.05, 4.69) is 9.79 Å². The van der Waals surface area contributed by atoms with Gasteiger partial charge < -0.3 is 14.4 Å². The second-order valence-electron chi connectivity index (χ2n) is 3.38. The molecule has 0 radical (unpaired) electrons. The van der Waals surface area contributed by atoms with E-state index in [4.69, 9.17) is 4.74 Å². The van der Waals surface area contributed by atoms with Gasteiger partial charge in [-0.2, -0.15) is 0 Å². The van der Waals surface area contributed by atoms with Gasteiger partial charge >= 0.3 is 5.69 Å². The molecule has 2 rings (SSSR count). The second kappa shape index (κ2) is 4.25. The van der Waals surface area contributed by atoms with Crippen LogP contribution in [-0.4, -0.2) is 18.2 Å². The quantitative estimate of drug-likeness (QED) is 0.561. The number of benzene rings is 1. The monoisotopic (exact) mass is 234 g/mol. The fraction of sp³-hybridized carbons (Fsp3) is 0.182. The molecule has 0 aliphatic rings. The van der Waals surface area contributed by atoms with Crippen LogP contribution >= 0.6 is 0 Å². The van der Waals surface area contributed by atoms with Crippen molar-refractivity contribution in [2.24, 2.45) is 0 Å². The standard InChI is InChI=1S/C11H10N2O4/c1-7(14)10-11(15)17-12-13(10)8-4-3-5-9(6-8)16-2/h3-6H,1-2H3. The maximum Gasteiger partial charge on any atom is 0.305 e. The summed E-state index contributed by atoms with van der Waals surface area (Å²) in [6, 6.07) is 6.81. The summed E-state index contributed by atoms with van der Waals surface area (Å²) in [5, 5.41) is 14.8. The van der Waals surface area contributed by atoms with Gasteiger partial charge in [0.2, 0.25) is 11.5 Å². The van der Waals surface area contributed by atoms with Crippen LogP contribution in [0.25, 0.3) is 5.69 Å². The molecule has 0 saturated heterocycles. The number of carbonyl (C=O) groups is 1. The van der Waals surface area contributed by atoms with Gasteiger partial charge in [-0.15, -0.1) is 0 Å². The summed E-state index contributed by atoms with van der Waals surface area (Å²) in [4.78, 5) is 11.3. The highest BCUT2D eigenvalue weighted by molar-refractivity contribution is 5.92. The molecule has 1 heterocycles. The van der Waals surface area contributed by atoms with Crippen molar-refractivity contribution < 1.29 is 23.8 Å². The summed E-state index contributed by atoms with van der Waals surface area (Å²) in [5.41, 5.74) is 0.415. The maximum atomic E-state index is 11.3. The first-order valence-electron chi connectivity index (χ1n) is 4.88. The van der Waals surface area contributed by atoms with Crippen molar-refractivity contribution in [2.45, 2.75) is 6.92 Å². The molecule has 0 atom stereocenters. The predicted molar refractivity (Wildman–Crippen MR) is 54.0 cm³/mol. The number of hydrogen-bond donors (Lipinski definition) is 0. The van der Waals surface area contributed by atoms with E-state index < -0.39 is 11.7 Å². The first kappa shape index (κ1) is 11.1. The first-order valence-corrected chi connectivity index (χ1v) is 4.88. The Morgan fingerprint density at radius 2 is 2.29 bits per heavy atom. The minimum Gasteiger partial charge on any atom is -0.539 e. The molecule has 0 bridgehead atoms. The molecule has 0 spiro atoms. The van der Waals surface area contributed by atoms with Crippen LogP contribution in [-0.2, 0) is 0 Å². The average Bonchev–Trinajstić information content (AvgIpc) is 2.71. The highest BCUT2D eigenvalue weighted by Crippen LogP contribution is 2.15. The lowest BCUT2D eigenvalue weighted by Crippen LogP contribution is -2.38. The van der Waals surface area contributed by atoms with Gasteiger partial charge in [0.25, 0.3) is 0 Å². The lowest BCUT2D eigenvalue weighted by molar-refractivity contribution is -0.672. The third-order valence-electron chi connectivity index (χ3n) is 2.24. The number of aromatic nitrogens is 2. The van der Waals surface area contributed by atoms with Crippen molar-refractivity contribution in [3.8, 4) is 17.4 Å². The van der Waals surface area contributed by atoms with Gasteiger partial charge in [-0.05, 0) is 10.7 Å². The lowest BCUT2D eigenvalue weighted by atomic mass is 10.2. The van der Waals surface area contributed by atoms with Gasteiger partial charge in [0, 0.05) is 13.0 Å². The number of nitrogens with zero attached hydrogens (tertiary/aromatic N) is 2. The minimum atomic E-state index is -0.750. The molecular weight excluding hydrogens is 224 g/mol. The van der Waals surface area contributed by atoms with E-state index in [1.165, 1.54) is 14.0 Å². The molecule has 0 fully saturated rings. The van der Waals surface area contributed by atoms with Crippen LogP contribution in [0, 0.1) is 0 Å². The van der Waals surface area contributed by atoms with E-state index in [1.54, 1.807) is 24.3 Å². The van der Waals surface area contributed by atoms with Crippen molar-refractivity contribution in [2.75, 3.05) is 7.11 Å². The Kier molecular flexibility index (Phi) is 2.78. The number of ether oxygens (including phenoxy) is 1.